The Balaban J connectivity index is 1.21. The first-order valence-electron chi connectivity index (χ1n) is 10.4. The summed E-state index contributed by atoms with van der Waals surface area (Å²) in [4.78, 5) is 31.2. The molecule has 0 fully saturated rings. The number of hydrogen-bond donors (Lipinski definition) is 0. The van der Waals surface area contributed by atoms with Crippen LogP contribution >= 0.6 is 11.8 Å². The van der Waals surface area contributed by atoms with Gasteiger partial charge in [-0.25, -0.2) is 0 Å². The predicted octanol–water partition coefficient (Wildman–Crippen LogP) is 4.81. The lowest BCUT2D eigenvalue weighted by Gasteiger charge is -2.32. The molecule has 0 N–H and O–H groups in total. The number of carbonyl (C=O) groups excluding carboxylic acids is 2. The molecule has 0 saturated carbocycles. The van der Waals surface area contributed by atoms with Crippen molar-refractivity contribution in [3.8, 4) is 0 Å². The molecule has 0 spiro atoms. The molecule has 6 heteroatoms. The van der Waals surface area contributed by atoms with Gasteiger partial charge in [0.15, 0.2) is 6.61 Å². The van der Waals surface area contributed by atoms with Gasteiger partial charge < -0.3 is 14.5 Å². The van der Waals surface area contributed by atoms with Crippen LogP contribution in [0.15, 0.2) is 82.6 Å². The number of nitrogens with zero attached hydrogens (tertiary/aromatic N) is 2. The minimum Gasteiger partial charge on any atom is -0.455 e. The summed E-state index contributed by atoms with van der Waals surface area (Å²) in [5.41, 5.74) is 4.25. The largest absolute Gasteiger partial charge is 0.455 e. The highest BCUT2D eigenvalue weighted by atomic mass is 32.2. The van der Waals surface area contributed by atoms with E-state index in [4.69, 9.17) is 4.74 Å². The fourth-order valence-corrected chi connectivity index (χ4v) is 5.21. The van der Waals surface area contributed by atoms with E-state index in [1.54, 1.807) is 16.7 Å². The van der Waals surface area contributed by atoms with Crippen molar-refractivity contribution in [2.45, 2.75) is 22.6 Å². The summed E-state index contributed by atoms with van der Waals surface area (Å²) in [5.74, 6) is -0.544. The molecule has 3 aromatic carbocycles. The number of benzene rings is 3. The molecule has 156 valence electrons. The van der Waals surface area contributed by atoms with E-state index in [1.807, 2.05) is 48.5 Å². The molecule has 2 aliphatic rings. The summed E-state index contributed by atoms with van der Waals surface area (Å²) in [7, 11) is 0. The summed E-state index contributed by atoms with van der Waals surface area (Å²) in [6.07, 6.45) is 1.04. The number of ether oxygens (including phenoxy) is 1. The summed E-state index contributed by atoms with van der Waals surface area (Å²) in [5, 5.41) is 0. The van der Waals surface area contributed by atoms with Crippen LogP contribution in [0.3, 0.4) is 0 Å². The lowest BCUT2D eigenvalue weighted by Crippen LogP contribution is -2.33. The van der Waals surface area contributed by atoms with Crippen LogP contribution in [0.2, 0.25) is 0 Å². The second-order valence-electron chi connectivity index (χ2n) is 7.52. The van der Waals surface area contributed by atoms with Crippen molar-refractivity contribution < 1.29 is 14.3 Å². The van der Waals surface area contributed by atoms with E-state index in [1.165, 1.54) is 0 Å². The third kappa shape index (κ3) is 3.91. The van der Waals surface area contributed by atoms with Gasteiger partial charge in [0.1, 0.15) is 0 Å². The van der Waals surface area contributed by atoms with Crippen LogP contribution in [-0.2, 0) is 20.7 Å². The fourth-order valence-electron chi connectivity index (χ4n) is 4.11. The van der Waals surface area contributed by atoms with E-state index in [0.29, 0.717) is 13.1 Å². The molecule has 31 heavy (non-hydrogen) atoms. The fraction of sp³-hybridized carbons (Fsp3) is 0.200. The Hall–Kier alpha value is -3.25. The molecule has 0 aromatic heterocycles. The van der Waals surface area contributed by atoms with Gasteiger partial charge in [-0.1, -0.05) is 54.2 Å². The van der Waals surface area contributed by atoms with Crippen LogP contribution in [-0.4, -0.2) is 31.6 Å². The van der Waals surface area contributed by atoms with Crippen molar-refractivity contribution in [1.82, 2.24) is 0 Å². The van der Waals surface area contributed by atoms with E-state index in [2.05, 4.69) is 29.2 Å². The van der Waals surface area contributed by atoms with Crippen molar-refractivity contribution in [2.75, 3.05) is 29.5 Å². The molecular formula is C25H22N2O3S. The summed E-state index contributed by atoms with van der Waals surface area (Å²) < 4.78 is 5.34. The quantitative estimate of drug-likeness (QED) is 0.544. The van der Waals surface area contributed by atoms with Crippen LogP contribution in [0.5, 0.6) is 0 Å². The van der Waals surface area contributed by atoms with Gasteiger partial charge in [0.2, 0.25) is 0 Å². The van der Waals surface area contributed by atoms with Gasteiger partial charge in [-0.15, -0.1) is 0 Å². The number of para-hydroxylation sites is 3. The molecule has 0 radical (unpaired) electrons. The van der Waals surface area contributed by atoms with E-state index >= 15 is 0 Å². The summed E-state index contributed by atoms with van der Waals surface area (Å²) in [6, 6.07) is 24.2. The standard InChI is InChI=1S/C25H22N2O3S/c28-24(27-15-13-18-7-1-2-8-19(18)27)17-30-25(29)14-16-26-20-9-3-5-11-22(20)31-23-12-6-4-10-21(23)26/h1-12H,13-17H2. The topological polar surface area (TPSA) is 49.9 Å². The van der Waals surface area contributed by atoms with E-state index in [9.17, 15) is 9.59 Å². The summed E-state index contributed by atoms with van der Waals surface area (Å²) >= 11 is 1.74. The molecule has 0 atom stereocenters. The molecule has 5 nitrogen and oxygen atoms in total. The first-order valence-corrected chi connectivity index (χ1v) is 11.2. The Morgan fingerprint density at radius 2 is 1.45 bits per heavy atom. The Bertz CT molecular complexity index is 1100. The van der Waals surface area contributed by atoms with Crippen molar-refractivity contribution in [1.29, 1.82) is 0 Å². The lowest BCUT2D eigenvalue weighted by molar-refractivity contribution is -0.147. The van der Waals surface area contributed by atoms with E-state index in [0.717, 1.165) is 38.8 Å². The Kier molecular flexibility index (Phi) is 5.38. The molecule has 0 bridgehead atoms. The SMILES string of the molecule is O=C(CCN1c2ccccc2Sc2ccccc21)OCC(=O)N1CCc2ccccc21. The highest BCUT2D eigenvalue weighted by Gasteiger charge is 2.26. The summed E-state index contributed by atoms with van der Waals surface area (Å²) in [6.45, 7) is 0.902. The second-order valence-corrected chi connectivity index (χ2v) is 8.61. The Morgan fingerprint density at radius 1 is 0.839 bits per heavy atom. The molecule has 5 rings (SSSR count). The first kappa shape index (κ1) is 19.7. The van der Waals surface area contributed by atoms with Crippen LogP contribution in [0.25, 0.3) is 0 Å². The number of amides is 1. The molecule has 0 unspecified atom stereocenters. The molecule has 1 amide bonds. The van der Waals surface area contributed by atoms with Gasteiger partial charge in [0.05, 0.1) is 17.8 Å². The predicted molar refractivity (Wildman–Crippen MR) is 122 cm³/mol. The normalized spacial score (nSPS) is 13.9. The molecule has 2 aliphatic heterocycles. The van der Waals surface area contributed by atoms with Crippen LogP contribution < -0.4 is 9.80 Å². The van der Waals surface area contributed by atoms with Gasteiger partial charge >= 0.3 is 5.97 Å². The van der Waals surface area contributed by atoms with Crippen molar-refractivity contribution >= 4 is 40.7 Å². The molecule has 0 saturated heterocycles. The highest BCUT2D eigenvalue weighted by Crippen LogP contribution is 2.47. The van der Waals surface area contributed by atoms with Gasteiger partial charge in [0, 0.05) is 28.6 Å². The highest BCUT2D eigenvalue weighted by molar-refractivity contribution is 7.99. The number of carbonyl (C=O) groups is 2. The van der Waals surface area contributed by atoms with E-state index < -0.39 is 0 Å². The Labute approximate surface area is 185 Å². The van der Waals surface area contributed by atoms with Crippen LogP contribution in [0, 0.1) is 0 Å². The van der Waals surface area contributed by atoms with Gasteiger partial charge in [-0.2, -0.15) is 0 Å². The number of rotatable bonds is 5. The minimum atomic E-state index is -0.367. The van der Waals surface area contributed by atoms with Crippen LogP contribution in [0.4, 0.5) is 17.1 Å². The average Bonchev–Trinajstić information content (AvgIpc) is 3.24. The van der Waals surface area contributed by atoms with Gasteiger partial charge in [0.25, 0.3) is 5.91 Å². The minimum absolute atomic E-state index is 0.177. The maximum Gasteiger partial charge on any atom is 0.308 e. The zero-order valence-electron chi connectivity index (χ0n) is 17.0. The average molecular weight is 431 g/mol. The number of fused-ring (bicyclic) bond motifs is 3. The van der Waals surface area contributed by atoms with Crippen molar-refractivity contribution in [3.63, 3.8) is 0 Å². The number of esters is 1. The zero-order valence-corrected chi connectivity index (χ0v) is 17.8. The van der Waals surface area contributed by atoms with Gasteiger partial charge in [-0.3, -0.25) is 9.59 Å². The molecular weight excluding hydrogens is 408 g/mol. The maximum atomic E-state index is 12.6. The van der Waals surface area contributed by atoms with Crippen molar-refractivity contribution in [3.05, 3.63) is 78.4 Å². The zero-order chi connectivity index (χ0) is 21.2. The number of anilines is 3. The third-order valence-corrected chi connectivity index (χ3v) is 6.75. The van der Waals surface area contributed by atoms with E-state index in [-0.39, 0.29) is 24.9 Å². The van der Waals surface area contributed by atoms with Gasteiger partial charge in [-0.05, 0) is 42.3 Å². The number of hydrogen-bond acceptors (Lipinski definition) is 5. The Morgan fingerprint density at radius 3 is 2.16 bits per heavy atom. The molecule has 2 heterocycles. The molecule has 3 aromatic rings. The first-order chi connectivity index (χ1) is 15.2. The lowest BCUT2D eigenvalue weighted by atomic mass is 10.2. The van der Waals surface area contributed by atoms with Crippen molar-refractivity contribution in [2.24, 2.45) is 0 Å². The monoisotopic (exact) mass is 430 g/mol. The maximum absolute atomic E-state index is 12.6. The second kappa shape index (κ2) is 8.47. The third-order valence-electron chi connectivity index (χ3n) is 5.62. The smallest absolute Gasteiger partial charge is 0.308 e. The molecule has 0 aliphatic carbocycles. The van der Waals surface area contributed by atoms with Crippen LogP contribution in [0.1, 0.15) is 12.0 Å².